The summed E-state index contributed by atoms with van der Waals surface area (Å²) in [6.45, 7) is 2.27. The second kappa shape index (κ2) is 6.47. The summed E-state index contributed by atoms with van der Waals surface area (Å²) in [4.78, 5) is 21.0. The summed E-state index contributed by atoms with van der Waals surface area (Å²) < 4.78 is 25.2. The van der Waals surface area contributed by atoms with Gasteiger partial charge in [-0.2, -0.15) is 0 Å². The summed E-state index contributed by atoms with van der Waals surface area (Å²) in [5.74, 6) is -0.243. The first-order valence-electron chi connectivity index (χ1n) is 8.96. The normalized spacial score (nSPS) is 22.2. The van der Waals surface area contributed by atoms with Gasteiger partial charge in [0.05, 0.1) is 19.9 Å². The molecule has 4 rings (SSSR count). The minimum Gasteiger partial charge on any atom is -0.495 e. The fourth-order valence-electron chi connectivity index (χ4n) is 3.66. The SMILES string of the molecule is COc1ccc(C(=O)Nc2ccc(F)c([C@@]3(C)N=C(N)OCC34CC4)c2)nc1. The Balaban J connectivity index is 1.64. The number of aromatic nitrogens is 1. The number of methoxy groups -OCH3 is 1. The van der Waals surface area contributed by atoms with Gasteiger partial charge in [0.2, 0.25) is 0 Å². The summed E-state index contributed by atoms with van der Waals surface area (Å²) in [6, 6.07) is 7.71. The van der Waals surface area contributed by atoms with Crippen molar-refractivity contribution < 1.29 is 18.7 Å². The van der Waals surface area contributed by atoms with E-state index in [0.717, 1.165) is 12.8 Å². The van der Waals surface area contributed by atoms with Gasteiger partial charge in [-0.25, -0.2) is 14.4 Å². The third-order valence-electron chi connectivity index (χ3n) is 5.67. The number of nitrogens with zero attached hydrogens (tertiary/aromatic N) is 2. The van der Waals surface area contributed by atoms with Crippen LogP contribution in [0.1, 0.15) is 35.8 Å². The van der Waals surface area contributed by atoms with E-state index in [2.05, 4.69) is 15.3 Å². The second-order valence-corrected chi connectivity index (χ2v) is 7.32. The van der Waals surface area contributed by atoms with Gasteiger partial charge in [0.1, 0.15) is 22.8 Å². The zero-order valence-corrected chi connectivity index (χ0v) is 15.7. The number of pyridine rings is 1. The molecule has 146 valence electrons. The fraction of sp³-hybridized carbons (Fsp3) is 0.350. The molecule has 0 bridgehead atoms. The average molecular weight is 384 g/mol. The Morgan fingerprint density at radius 3 is 2.75 bits per heavy atom. The smallest absolute Gasteiger partial charge is 0.282 e. The van der Waals surface area contributed by atoms with Gasteiger partial charge in [-0.05, 0) is 50.1 Å². The van der Waals surface area contributed by atoms with Crippen LogP contribution in [-0.4, -0.2) is 30.6 Å². The Hall–Kier alpha value is -3.16. The van der Waals surface area contributed by atoms with E-state index in [1.54, 1.807) is 18.2 Å². The van der Waals surface area contributed by atoms with Crippen LogP contribution in [-0.2, 0) is 10.3 Å². The van der Waals surface area contributed by atoms with E-state index in [1.807, 2.05) is 6.92 Å². The van der Waals surface area contributed by atoms with Gasteiger partial charge in [-0.15, -0.1) is 0 Å². The van der Waals surface area contributed by atoms with Crippen molar-refractivity contribution in [3.8, 4) is 5.75 Å². The van der Waals surface area contributed by atoms with Crippen LogP contribution in [0.4, 0.5) is 10.1 Å². The van der Waals surface area contributed by atoms with Crippen molar-refractivity contribution in [2.75, 3.05) is 19.0 Å². The Labute approximate surface area is 161 Å². The first kappa shape index (κ1) is 18.2. The molecule has 8 heteroatoms. The quantitative estimate of drug-likeness (QED) is 0.845. The summed E-state index contributed by atoms with van der Waals surface area (Å²) >= 11 is 0. The van der Waals surface area contributed by atoms with Gasteiger partial charge in [0, 0.05) is 16.7 Å². The van der Waals surface area contributed by atoms with E-state index in [9.17, 15) is 9.18 Å². The Morgan fingerprint density at radius 1 is 1.32 bits per heavy atom. The molecule has 1 aromatic heterocycles. The third-order valence-corrected chi connectivity index (χ3v) is 5.67. The lowest BCUT2D eigenvalue weighted by molar-refractivity contribution is 0.102. The zero-order chi connectivity index (χ0) is 19.9. The molecule has 1 aliphatic carbocycles. The lowest BCUT2D eigenvalue weighted by atomic mass is 9.76. The van der Waals surface area contributed by atoms with Crippen molar-refractivity contribution >= 4 is 17.6 Å². The molecule has 3 N–H and O–H groups in total. The highest BCUT2D eigenvalue weighted by atomic mass is 19.1. The molecule has 1 aliphatic heterocycles. The third kappa shape index (κ3) is 2.94. The maximum Gasteiger partial charge on any atom is 0.282 e. The monoisotopic (exact) mass is 384 g/mol. The molecule has 2 heterocycles. The lowest BCUT2D eigenvalue weighted by Crippen LogP contribution is -2.43. The average Bonchev–Trinajstić information content (AvgIpc) is 3.48. The number of carbonyl (C=O) groups excluding carboxylic acids is 1. The molecule has 0 unspecified atom stereocenters. The Bertz CT molecular complexity index is 956. The topological polar surface area (TPSA) is 98.8 Å². The first-order chi connectivity index (χ1) is 13.4. The zero-order valence-electron chi connectivity index (χ0n) is 15.7. The molecule has 0 radical (unpaired) electrons. The standard InChI is InChI=1S/C20H21FN4O3/c1-19(20(7-8-20)11-28-18(22)25-19)14-9-12(3-5-15(14)21)24-17(26)16-6-4-13(27-2)10-23-16/h3-6,9-10H,7-8,11H2,1-2H3,(H2,22,25)(H,24,26)/t19-/m1/s1. The number of benzene rings is 1. The number of halogens is 1. The van der Waals surface area contributed by atoms with Crippen molar-refractivity contribution in [1.29, 1.82) is 0 Å². The van der Waals surface area contributed by atoms with Gasteiger partial charge >= 0.3 is 0 Å². The molecular formula is C20H21FN4O3. The van der Waals surface area contributed by atoms with Gasteiger partial charge in [0.25, 0.3) is 11.9 Å². The highest BCUT2D eigenvalue weighted by molar-refractivity contribution is 6.02. The van der Waals surface area contributed by atoms with Crippen molar-refractivity contribution in [2.45, 2.75) is 25.3 Å². The predicted octanol–water partition coefficient (Wildman–Crippen LogP) is 2.82. The number of rotatable bonds is 4. The largest absolute Gasteiger partial charge is 0.495 e. The second-order valence-electron chi connectivity index (χ2n) is 7.32. The summed E-state index contributed by atoms with van der Waals surface area (Å²) in [5, 5.41) is 2.76. The molecule has 7 nitrogen and oxygen atoms in total. The Morgan fingerprint density at radius 2 is 2.11 bits per heavy atom. The van der Waals surface area contributed by atoms with E-state index in [4.69, 9.17) is 15.2 Å². The highest BCUT2D eigenvalue weighted by Gasteiger charge is 2.61. The van der Waals surface area contributed by atoms with Crippen molar-refractivity contribution in [1.82, 2.24) is 4.98 Å². The van der Waals surface area contributed by atoms with Crippen LogP contribution < -0.4 is 15.8 Å². The Kier molecular flexibility index (Phi) is 4.21. The van der Waals surface area contributed by atoms with Crippen LogP contribution in [0.3, 0.4) is 0 Å². The van der Waals surface area contributed by atoms with E-state index < -0.39 is 17.3 Å². The van der Waals surface area contributed by atoms with E-state index in [0.29, 0.717) is 23.6 Å². The number of hydrogen-bond acceptors (Lipinski definition) is 6. The maximum absolute atomic E-state index is 14.8. The van der Waals surface area contributed by atoms with Crippen molar-refractivity contribution in [2.24, 2.45) is 16.1 Å². The molecule has 2 aliphatic rings. The molecule has 2 aromatic rings. The van der Waals surface area contributed by atoms with Crippen molar-refractivity contribution in [3.05, 3.63) is 53.6 Å². The summed E-state index contributed by atoms with van der Waals surface area (Å²) in [6.07, 6.45) is 3.22. The van der Waals surface area contributed by atoms with Crippen LogP contribution in [0.5, 0.6) is 5.75 Å². The molecular weight excluding hydrogens is 363 g/mol. The van der Waals surface area contributed by atoms with Crippen LogP contribution in [0, 0.1) is 11.2 Å². The molecule has 1 atom stereocenters. The number of aliphatic imine (C=N–C) groups is 1. The maximum atomic E-state index is 14.8. The number of ether oxygens (including phenoxy) is 2. The van der Waals surface area contributed by atoms with E-state index >= 15 is 0 Å². The molecule has 1 saturated carbocycles. The first-order valence-corrected chi connectivity index (χ1v) is 8.96. The molecule has 1 spiro atoms. The van der Waals surface area contributed by atoms with Crippen LogP contribution in [0.15, 0.2) is 41.5 Å². The molecule has 1 amide bonds. The van der Waals surface area contributed by atoms with Crippen LogP contribution >= 0.6 is 0 Å². The molecule has 0 saturated heterocycles. The number of hydrogen-bond donors (Lipinski definition) is 2. The summed E-state index contributed by atoms with van der Waals surface area (Å²) in [5.41, 5.74) is 5.73. The number of amides is 1. The van der Waals surface area contributed by atoms with Gasteiger partial charge in [-0.3, -0.25) is 4.79 Å². The lowest BCUT2D eigenvalue weighted by Gasteiger charge is -2.38. The number of carbonyl (C=O) groups is 1. The minimum atomic E-state index is -0.849. The van der Waals surface area contributed by atoms with Gasteiger partial charge < -0.3 is 20.5 Å². The number of amidine groups is 1. The fourth-order valence-corrected chi connectivity index (χ4v) is 3.66. The number of nitrogens with one attached hydrogen (secondary N) is 1. The molecule has 1 aromatic carbocycles. The van der Waals surface area contributed by atoms with E-state index in [-0.39, 0.29) is 17.1 Å². The number of anilines is 1. The van der Waals surface area contributed by atoms with Crippen LogP contribution in [0.2, 0.25) is 0 Å². The molecule has 28 heavy (non-hydrogen) atoms. The van der Waals surface area contributed by atoms with Gasteiger partial charge in [0.15, 0.2) is 0 Å². The number of nitrogens with two attached hydrogens (primary N) is 1. The van der Waals surface area contributed by atoms with Gasteiger partial charge in [-0.1, -0.05) is 0 Å². The summed E-state index contributed by atoms with van der Waals surface area (Å²) in [7, 11) is 1.52. The van der Waals surface area contributed by atoms with Crippen molar-refractivity contribution in [3.63, 3.8) is 0 Å². The van der Waals surface area contributed by atoms with E-state index in [1.165, 1.54) is 25.4 Å². The minimum absolute atomic E-state index is 0.0521. The van der Waals surface area contributed by atoms with Crippen LogP contribution in [0.25, 0.3) is 0 Å². The predicted molar refractivity (Wildman–Crippen MR) is 102 cm³/mol. The molecule has 1 fully saturated rings. The highest BCUT2D eigenvalue weighted by Crippen LogP contribution is 2.62.